The van der Waals surface area contributed by atoms with E-state index in [4.69, 9.17) is 10.00 Å². The van der Waals surface area contributed by atoms with E-state index in [9.17, 15) is 4.39 Å². The maximum atomic E-state index is 13.8. The summed E-state index contributed by atoms with van der Waals surface area (Å²) in [6.45, 7) is 2.75. The van der Waals surface area contributed by atoms with Gasteiger partial charge in [0.25, 0.3) is 0 Å². The first-order chi connectivity index (χ1) is 10.2. The summed E-state index contributed by atoms with van der Waals surface area (Å²) < 4.78 is 18.7. The first-order valence-electron chi connectivity index (χ1n) is 6.68. The molecule has 2 rings (SSSR count). The number of hydrogen-bond acceptors (Lipinski definition) is 4. The number of aromatic nitrogens is 1. The third-order valence-corrected chi connectivity index (χ3v) is 3.01. The Bertz CT molecular complexity index is 680. The van der Waals surface area contributed by atoms with Crippen molar-refractivity contribution < 1.29 is 9.13 Å². The highest BCUT2D eigenvalue weighted by molar-refractivity contribution is 5.65. The molecule has 0 aliphatic carbocycles. The summed E-state index contributed by atoms with van der Waals surface area (Å²) in [6, 6.07) is 10.1. The second-order valence-corrected chi connectivity index (χ2v) is 4.48. The topological polar surface area (TPSA) is 57.9 Å². The van der Waals surface area contributed by atoms with Crippen molar-refractivity contribution in [1.29, 1.82) is 5.26 Å². The van der Waals surface area contributed by atoms with Gasteiger partial charge in [0.1, 0.15) is 11.9 Å². The third kappa shape index (κ3) is 3.29. The number of rotatable bonds is 5. The fraction of sp³-hybridized carbons (Fsp3) is 0.250. The van der Waals surface area contributed by atoms with Crippen LogP contribution >= 0.6 is 0 Å². The molecule has 0 fully saturated rings. The molecule has 108 valence electrons. The molecule has 0 aliphatic rings. The number of ether oxygens (including phenoxy) is 1. The van der Waals surface area contributed by atoms with Crippen LogP contribution in [-0.2, 0) is 0 Å². The first-order valence-corrected chi connectivity index (χ1v) is 6.68. The minimum atomic E-state index is -0.441. The number of methoxy groups -OCH3 is 1. The fourth-order valence-electron chi connectivity index (χ4n) is 1.91. The Balaban J connectivity index is 2.40. The molecule has 0 radical (unpaired) electrons. The van der Waals surface area contributed by atoms with Crippen molar-refractivity contribution in [2.24, 2.45) is 0 Å². The summed E-state index contributed by atoms with van der Waals surface area (Å²) in [5.41, 5.74) is 1.72. The molecule has 0 atom stereocenters. The van der Waals surface area contributed by atoms with Crippen molar-refractivity contribution in [2.75, 3.05) is 19.0 Å². The molecule has 2 aromatic rings. The lowest BCUT2D eigenvalue weighted by Gasteiger charge is -2.09. The number of nitrogens with one attached hydrogen (secondary N) is 1. The zero-order valence-electron chi connectivity index (χ0n) is 12.0. The lowest BCUT2D eigenvalue weighted by molar-refractivity contribution is 0.386. The van der Waals surface area contributed by atoms with Gasteiger partial charge in [-0.15, -0.1) is 0 Å². The quantitative estimate of drug-likeness (QED) is 0.912. The zero-order valence-corrected chi connectivity index (χ0v) is 12.0. The Morgan fingerprint density at radius 2 is 2.14 bits per heavy atom. The molecule has 0 aliphatic heterocycles. The number of hydrogen-bond donors (Lipinski definition) is 1. The number of nitriles is 1. The maximum Gasteiger partial charge on any atom is 0.165 e. The summed E-state index contributed by atoms with van der Waals surface area (Å²) in [7, 11) is 1.42. The van der Waals surface area contributed by atoms with Gasteiger partial charge in [0, 0.05) is 12.1 Å². The van der Waals surface area contributed by atoms with Crippen molar-refractivity contribution in [3.05, 3.63) is 41.7 Å². The molecule has 0 saturated heterocycles. The summed E-state index contributed by atoms with van der Waals surface area (Å²) in [4.78, 5) is 4.41. The van der Waals surface area contributed by atoms with Gasteiger partial charge in [-0.2, -0.15) is 5.26 Å². The number of halogens is 1. The van der Waals surface area contributed by atoms with Crippen LogP contribution in [0.4, 0.5) is 10.2 Å². The Labute approximate surface area is 123 Å². The van der Waals surface area contributed by atoms with E-state index < -0.39 is 5.82 Å². The maximum absolute atomic E-state index is 13.8. The third-order valence-electron chi connectivity index (χ3n) is 3.01. The van der Waals surface area contributed by atoms with Gasteiger partial charge in [-0.3, -0.25) is 0 Å². The van der Waals surface area contributed by atoms with Gasteiger partial charge in [-0.1, -0.05) is 6.92 Å². The van der Waals surface area contributed by atoms with Crippen molar-refractivity contribution in [2.45, 2.75) is 13.3 Å². The minimum Gasteiger partial charge on any atom is -0.494 e. The minimum absolute atomic E-state index is 0.191. The average Bonchev–Trinajstić information content (AvgIpc) is 2.52. The average molecular weight is 285 g/mol. The van der Waals surface area contributed by atoms with E-state index in [0.29, 0.717) is 22.6 Å². The Hall–Kier alpha value is -2.61. The second-order valence-electron chi connectivity index (χ2n) is 4.48. The number of pyridine rings is 1. The van der Waals surface area contributed by atoms with E-state index in [1.165, 1.54) is 13.2 Å². The van der Waals surface area contributed by atoms with Gasteiger partial charge in [-0.25, -0.2) is 9.37 Å². The lowest BCUT2D eigenvalue weighted by Crippen LogP contribution is -2.04. The molecular weight excluding hydrogens is 269 g/mol. The molecular formula is C16H16FN3O. The van der Waals surface area contributed by atoms with Crippen LogP contribution in [0.3, 0.4) is 0 Å². The van der Waals surface area contributed by atoms with Gasteiger partial charge in [0.15, 0.2) is 11.6 Å². The van der Waals surface area contributed by atoms with Crippen LogP contribution in [0.1, 0.15) is 18.9 Å². The molecule has 21 heavy (non-hydrogen) atoms. The monoisotopic (exact) mass is 285 g/mol. The van der Waals surface area contributed by atoms with Crippen molar-refractivity contribution in [1.82, 2.24) is 4.98 Å². The highest BCUT2D eigenvalue weighted by Crippen LogP contribution is 2.26. The van der Waals surface area contributed by atoms with Gasteiger partial charge < -0.3 is 10.1 Å². The summed E-state index contributed by atoms with van der Waals surface area (Å²) in [5.74, 6) is 0.272. The summed E-state index contributed by atoms with van der Waals surface area (Å²) in [5, 5.41) is 12.2. The normalized spacial score (nSPS) is 10.0. The standard InChI is InChI=1S/C16H16FN3O/c1-3-8-19-16-12(10-18)4-6-14(20-16)11-5-7-15(21-2)13(17)9-11/h4-7,9H,3,8H2,1-2H3,(H,19,20). The smallest absolute Gasteiger partial charge is 0.165 e. The molecule has 0 bridgehead atoms. The predicted molar refractivity (Wildman–Crippen MR) is 79.7 cm³/mol. The van der Waals surface area contributed by atoms with Crippen LogP contribution in [0, 0.1) is 17.1 Å². The predicted octanol–water partition coefficient (Wildman–Crippen LogP) is 3.59. The van der Waals surface area contributed by atoms with Crippen LogP contribution in [0.5, 0.6) is 5.75 Å². The highest BCUT2D eigenvalue weighted by Gasteiger charge is 2.09. The molecule has 0 unspecified atom stereocenters. The molecule has 0 amide bonds. The SMILES string of the molecule is CCCNc1nc(-c2ccc(OC)c(F)c2)ccc1C#N. The molecule has 5 heteroatoms. The molecule has 1 aromatic heterocycles. The van der Waals surface area contributed by atoms with E-state index in [1.807, 2.05) is 6.92 Å². The highest BCUT2D eigenvalue weighted by atomic mass is 19.1. The van der Waals surface area contributed by atoms with Crippen LogP contribution < -0.4 is 10.1 Å². The van der Waals surface area contributed by atoms with Crippen LogP contribution in [0.2, 0.25) is 0 Å². The van der Waals surface area contributed by atoms with Gasteiger partial charge in [-0.05, 0) is 36.8 Å². The number of anilines is 1. The van der Waals surface area contributed by atoms with E-state index in [-0.39, 0.29) is 5.75 Å². The van der Waals surface area contributed by atoms with Crippen molar-refractivity contribution in [3.63, 3.8) is 0 Å². The molecule has 1 aromatic carbocycles. The van der Waals surface area contributed by atoms with Crippen molar-refractivity contribution in [3.8, 4) is 23.1 Å². The second kappa shape index (κ2) is 6.71. The van der Waals surface area contributed by atoms with E-state index >= 15 is 0 Å². The largest absolute Gasteiger partial charge is 0.494 e. The zero-order chi connectivity index (χ0) is 15.2. The van der Waals surface area contributed by atoms with E-state index in [0.717, 1.165) is 13.0 Å². The number of benzene rings is 1. The van der Waals surface area contributed by atoms with Crippen LogP contribution in [0.15, 0.2) is 30.3 Å². The molecule has 1 N–H and O–H groups in total. The lowest BCUT2D eigenvalue weighted by atomic mass is 10.1. The van der Waals surface area contributed by atoms with Crippen LogP contribution in [-0.4, -0.2) is 18.6 Å². The van der Waals surface area contributed by atoms with Crippen LogP contribution in [0.25, 0.3) is 11.3 Å². The van der Waals surface area contributed by atoms with Gasteiger partial charge in [0.2, 0.25) is 0 Å². The summed E-state index contributed by atoms with van der Waals surface area (Å²) >= 11 is 0. The van der Waals surface area contributed by atoms with Gasteiger partial charge >= 0.3 is 0 Å². The molecule has 1 heterocycles. The van der Waals surface area contributed by atoms with E-state index in [2.05, 4.69) is 16.4 Å². The Morgan fingerprint density at radius 3 is 2.76 bits per heavy atom. The molecule has 4 nitrogen and oxygen atoms in total. The first kappa shape index (κ1) is 14.8. The van der Waals surface area contributed by atoms with Crippen molar-refractivity contribution >= 4 is 5.82 Å². The number of nitrogens with zero attached hydrogens (tertiary/aromatic N) is 2. The van der Waals surface area contributed by atoms with E-state index in [1.54, 1.807) is 24.3 Å². The molecule has 0 saturated carbocycles. The Kier molecular flexibility index (Phi) is 4.72. The Morgan fingerprint density at radius 1 is 1.33 bits per heavy atom. The fourth-order valence-corrected chi connectivity index (χ4v) is 1.91. The summed E-state index contributed by atoms with van der Waals surface area (Å²) in [6.07, 6.45) is 0.925. The van der Waals surface area contributed by atoms with Gasteiger partial charge in [0.05, 0.1) is 18.4 Å². The molecule has 0 spiro atoms.